The third-order valence-electron chi connectivity index (χ3n) is 3.18. The summed E-state index contributed by atoms with van der Waals surface area (Å²) < 4.78 is 5.34. The Balaban J connectivity index is 2.68. The van der Waals surface area contributed by atoms with Crippen LogP contribution in [0.1, 0.15) is 40.0 Å². The fourth-order valence-corrected chi connectivity index (χ4v) is 2.16. The molecule has 1 rings (SSSR count). The number of esters is 1. The maximum atomic E-state index is 11.5. The molecule has 0 aliphatic heterocycles. The van der Waals surface area contributed by atoms with Crippen LogP contribution in [0.4, 0.5) is 0 Å². The van der Waals surface area contributed by atoms with E-state index in [1.54, 1.807) is 13.8 Å². The monoisotopic (exact) mass is 224 g/mol. The summed E-state index contributed by atoms with van der Waals surface area (Å²) in [5.74, 6) is 0.120. The van der Waals surface area contributed by atoms with Gasteiger partial charge < -0.3 is 4.74 Å². The lowest BCUT2D eigenvalue weighted by Crippen LogP contribution is -2.36. The van der Waals surface area contributed by atoms with E-state index in [9.17, 15) is 9.59 Å². The molecule has 3 nitrogen and oxygen atoms in total. The summed E-state index contributed by atoms with van der Waals surface area (Å²) in [4.78, 5) is 22.9. The number of hydrogen-bond acceptors (Lipinski definition) is 3. The van der Waals surface area contributed by atoms with Gasteiger partial charge in [-0.1, -0.05) is 13.5 Å². The van der Waals surface area contributed by atoms with Crippen LogP contribution in [0, 0.1) is 11.8 Å². The number of rotatable bonds is 3. The lowest BCUT2D eigenvalue weighted by molar-refractivity contribution is -0.152. The Morgan fingerprint density at radius 2 is 1.88 bits per heavy atom. The van der Waals surface area contributed by atoms with Crippen molar-refractivity contribution in [2.75, 3.05) is 0 Å². The van der Waals surface area contributed by atoms with Crippen LogP contribution in [0.25, 0.3) is 0 Å². The lowest BCUT2D eigenvalue weighted by Gasteiger charge is -2.32. The molecule has 16 heavy (non-hydrogen) atoms. The number of hydrogen-bond donors (Lipinski definition) is 0. The molecule has 0 saturated heterocycles. The minimum absolute atomic E-state index is 0.117. The van der Waals surface area contributed by atoms with Crippen LogP contribution in [0.2, 0.25) is 0 Å². The normalized spacial score (nSPS) is 29.6. The van der Waals surface area contributed by atoms with E-state index in [0.717, 1.165) is 19.3 Å². The van der Waals surface area contributed by atoms with E-state index in [2.05, 4.69) is 13.5 Å². The van der Waals surface area contributed by atoms with Gasteiger partial charge in [0.1, 0.15) is 11.9 Å². The van der Waals surface area contributed by atoms with Gasteiger partial charge in [-0.2, -0.15) is 0 Å². The minimum Gasteiger partial charge on any atom is -0.458 e. The quantitative estimate of drug-likeness (QED) is 0.546. The van der Waals surface area contributed by atoms with E-state index < -0.39 is 0 Å². The first-order valence-electron chi connectivity index (χ1n) is 5.78. The molecule has 0 radical (unpaired) electrons. The van der Waals surface area contributed by atoms with Gasteiger partial charge in [0.15, 0.2) is 0 Å². The molecule has 1 saturated carbocycles. The number of ketones is 1. The zero-order valence-electron chi connectivity index (χ0n) is 10.3. The standard InChI is InChI=1S/C13H20O3/c1-8(2)13(15)16-12-7-9(3)5-6-11(12)10(4)14/h9,11-12H,1,5-7H2,2-4H3/t9-,11+,12-/m1/s1. The average Bonchev–Trinajstić information content (AvgIpc) is 2.16. The molecule has 1 aliphatic rings. The van der Waals surface area contributed by atoms with Crippen LogP contribution in [-0.4, -0.2) is 17.9 Å². The molecule has 0 bridgehead atoms. The highest BCUT2D eigenvalue weighted by atomic mass is 16.5. The van der Waals surface area contributed by atoms with Crippen molar-refractivity contribution in [1.29, 1.82) is 0 Å². The SMILES string of the molecule is C=C(C)C(=O)O[C@@H]1C[C@H](C)CC[C@H]1C(C)=O. The van der Waals surface area contributed by atoms with Crippen LogP contribution >= 0.6 is 0 Å². The van der Waals surface area contributed by atoms with E-state index in [-0.39, 0.29) is 23.8 Å². The van der Waals surface area contributed by atoms with Gasteiger partial charge in [-0.05, 0) is 39.0 Å². The largest absolute Gasteiger partial charge is 0.458 e. The number of Topliss-reactive ketones (excluding diaryl/α,β-unsaturated/α-hetero) is 1. The molecule has 0 spiro atoms. The van der Waals surface area contributed by atoms with Gasteiger partial charge in [-0.15, -0.1) is 0 Å². The Morgan fingerprint density at radius 1 is 1.25 bits per heavy atom. The Labute approximate surface area is 96.9 Å². The molecule has 0 N–H and O–H groups in total. The first kappa shape index (κ1) is 12.9. The third kappa shape index (κ3) is 3.19. The van der Waals surface area contributed by atoms with Gasteiger partial charge >= 0.3 is 5.97 Å². The Kier molecular flexibility index (Phi) is 4.27. The van der Waals surface area contributed by atoms with Gasteiger partial charge in [0.05, 0.1) is 5.92 Å². The molecule has 1 aliphatic carbocycles. The van der Waals surface area contributed by atoms with Gasteiger partial charge in [-0.3, -0.25) is 4.79 Å². The predicted molar refractivity (Wildman–Crippen MR) is 61.9 cm³/mol. The molecule has 3 atom stereocenters. The predicted octanol–water partition coefficient (Wildman–Crippen LogP) is 2.50. The maximum Gasteiger partial charge on any atom is 0.333 e. The van der Waals surface area contributed by atoms with Crippen LogP contribution in [-0.2, 0) is 14.3 Å². The topological polar surface area (TPSA) is 43.4 Å². The summed E-state index contributed by atoms with van der Waals surface area (Å²) in [5.41, 5.74) is 0.389. The zero-order chi connectivity index (χ0) is 12.3. The molecule has 1 fully saturated rings. The van der Waals surface area contributed by atoms with Gasteiger partial charge in [0, 0.05) is 5.57 Å². The number of carbonyl (C=O) groups excluding carboxylic acids is 2. The van der Waals surface area contributed by atoms with E-state index in [0.29, 0.717) is 11.5 Å². The van der Waals surface area contributed by atoms with Crippen molar-refractivity contribution in [3.63, 3.8) is 0 Å². The summed E-state index contributed by atoms with van der Waals surface area (Å²) in [7, 11) is 0. The van der Waals surface area contributed by atoms with Gasteiger partial charge in [-0.25, -0.2) is 4.79 Å². The first-order valence-corrected chi connectivity index (χ1v) is 5.78. The highest BCUT2D eigenvalue weighted by molar-refractivity contribution is 5.87. The molecular formula is C13H20O3. The van der Waals surface area contributed by atoms with Crippen molar-refractivity contribution in [1.82, 2.24) is 0 Å². The minimum atomic E-state index is -0.384. The smallest absolute Gasteiger partial charge is 0.333 e. The fourth-order valence-electron chi connectivity index (χ4n) is 2.16. The van der Waals surface area contributed by atoms with E-state index in [4.69, 9.17) is 4.74 Å². The molecule has 0 aromatic heterocycles. The Hall–Kier alpha value is -1.12. The molecule has 0 unspecified atom stereocenters. The van der Waals surface area contributed by atoms with E-state index in [1.165, 1.54) is 0 Å². The molecule has 0 aromatic rings. The van der Waals surface area contributed by atoms with E-state index >= 15 is 0 Å². The molecule has 0 aromatic carbocycles. The number of ether oxygens (including phenoxy) is 1. The van der Waals surface area contributed by atoms with E-state index in [1.807, 2.05) is 0 Å². The lowest BCUT2D eigenvalue weighted by atomic mass is 9.79. The van der Waals surface area contributed by atoms with Crippen molar-refractivity contribution in [3.05, 3.63) is 12.2 Å². The molecule has 3 heteroatoms. The fraction of sp³-hybridized carbons (Fsp3) is 0.692. The highest BCUT2D eigenvalue weighted by Crippen LogP contribution is 2.31. The first-order chi connectivity index (χ1) is 7.41. The zero-order valence-corrected chi connectivity index (χ0v) is 10.3. The Morgan fingerprint density at radius 3 is 2.38 bits per heavy atom. The second kappa shape index (κ2) is 5.28. The maximum absolute atomic E-state index is 11.5. The Bertz CT molecular complexity index is 306. The highest BCUT2D eigenvalue weighted by Gasteiger charge is 2.34. The summed E-state index contributed by atoms with van der Waals surface area (Å²) in [6.45, 7) is 8.87. The summed E-state index contributed by atoms with van der Waals surface area (Å²) in [5, 5.41) is 0. The number of carbonyl (C=O) groups is 2. The summed E-state index contributed by atoms with van der Waals surface area (Å²) in [6.07, 6.45) is 2.38. The van der Waals surface area contributed by atoms with Crippen molar-refractivity contribution in [3.8, 4) is 0 Å². The average molecular weight is 224 g/mol. The molecule has 0 heterocycles. The molecular weight excluding hydrogens is 204 g/mol. The van der Waals surface area contributed by atoms with Gasteiger partial charge in [0.2, 0.25) is 0 Å². The molecule has 0 amide bonds. The van der Waals surface area contributed by atoms with Crippen molar-refractivity contribution in [2.45, 2.75) is 46.1 Å². The van der Waals surface area contributed by atoms with Crippen molar-refractivity contribution < 1.29 is 14.3 Å². The van der Waals surface area contributed by atoms with Crippen molar-refractivity contribution in [2.24, 2.45) is 11.8 Å². The second-order valence-corrected chi connectivity index (χ2v) is 4.86. The molecule has 90 valence electrons. The third-order valence-corrected chi connectivity index (χ3v) is 3.18. The van der Waals surface area contributed by atoms with Crippen LogP contribution in [0.5, 0.6) is 0 Å². The van der Waals surface area contributed by atoms with Crippen LogP contribution in [0.15, 0.2) is 12.2 Å². The summed E-state index contributed by atoms with van der Waals surface area (Å²) >= 11 is 0. The summed E-state index contributed by atoms with van der Waals surface area (Å²) in [6, 6.07) is 0. The van der Waals surface area contributed by atoms with Crippen LogP contribution in [0.3, 0.4) is 0 Å². The van der Waals surface area contributed by atoms with Gasteiger partial charge in [0.25, 0.3) is 0 Å². The second-order valence-electron chi connectivity index (χ2n) is 4.86. The van der Waals surface area contributed by atoms with Crippen LogP contribution < -0.4 is 0 Å². The van der Waals surface area contributed by atoms with Crippen molar-refractivity contribution >= 4 is 11.8 Å².